The predicted molar refractivity (Wildman–Crippen MR) is 93.8 cm³/mol. The monoisotopic (exact) mass is 340 g/mol. The van der Waals surface area contributed by atoms with Crippen molar-refractivity contribution in [1.29, 1.82) is 0 Å². The van der Waals surface area contributed by atoms with Crippen LogP contribution in [0.25, 0.3) is 11.4 Å². The van der Waals surface area contributed by atoms with Gasteiger partial charge in [0.25, 0.3) is 0 Å². The van der Waals surface area contributed by atoms with Gasteiger partial charge in [0.1, 0.15) is 0 Å². The van der Waals surface area contributed by atoms with Gasteiger partial charge in [-0.3, -0.25) is 9.69 Å². The van der Waals surface area contributed by atoms with Crippen LogP contribution in [0.15, 0.2) is 34.9 Å². The van der Waals surface area contributed by atoms with Gasteiger partial charge in [0.2, 0.25) is 17.6 Å². The zero-order valence-electron chi connectivity index (χ0n) is 14.4. The molecule has 6 nitrogen and oxygen atoms in total. The highest BCUT2D eigenvalue weighted by atomic mass is 16.5. The van der Waals surface area contributed by atoms with Gasteiger partial charge in [0, 0.05) is 37.0 Å². The SMILES string of the molecule is O=C(CCc1nc(-c2ccccc2)no1)N[C@H]1CCN2CCCC[C@H]12. The summed E-state index contributed by atoms with van der Waals surface area (Å²) >= 11 is 0. The number of benzene rings is 1. The maximum atomic E-state index is 12.3. The molecule has 0 unspecified atom stereocenters. The number of amides is 1. The highest BCUT2D eigenvalue weighted by Crippen LogP contribution is 2.27. The fourth-order valence-electron chi connectivity index (χ4n) is 3.98. The average Bonchev–Trinajstić information content (AvgIpc) is 3.28. The molecule has 1 aromatic carbocycles. The quantitative estimate of drug-likeness (QED) is 0.905. The molecule has 0 bridgehead atoms. The van der Waals surface area contributed by atoms with Crippen molar-refractivity contribution in [2.24, 2.45) is 0 Å². The molecule has 6 heteroatoms. The van der Waals surface area contributed by atoms with E-state index in [2.05, 4.69) is 20.4 Å². The minimum atomic E-state index is 0.0804. The first kappa shape index (κ1) is 16.3. The van der Waals surface area contributed by atoms with Crippen LogP contribution in [0.2, 0.25) is 0 Å². The third-order valence-corrected chi connectivity index (χ3v) is 5.27. The number of hydrogen-bond acceptors (Lipinski definition) is 5. The van der Waals surface area contributed by atoms with Crippen molar-refractivity contribution in [2.75, 3.05) is 13.1 Å². The van der Waals surface area contributed by atoms with Gasteiger partial charge in [0.05, 0.1) is 0 Å². The third kappa shape index (κ3) is 3.74. The smallest absolute Gasteiger partial charge is 0.227 e. The van der Waals surface area contributed by atoms with Crippen LogP contribution < -0.4 is 5.32 Å². The van der Waals surface area contributed by atoms with Gasteiger partial charge in [-0.2, -0.15) is 4.98 Å². The number of rotatable bonds is 5. The largest absolute Gasteiger partial charge is 0.352 e. The Labute approximate surface area is 147 Å². The van der Waals surface area contributed by atoms with Crippen LogP contribution in [0, 0.1) is 0 Å². The molecule has 0 radical (unpaired) electrons. The molecule has 1 amide bonds. The Morgan fingerprint density at radius 1 is 1.20 bits per heavy atom. The predicted octanol–water partition coefficient (Wildman–Crippen LogP) is 2.41. The number of nitrogens with one attached hydrogen (secondary N) is 1. The van der Waals surface area contributed by atoms with Crippen LogP contribution in [0.4, 0.5) is 0 Å². The van der Waals surface area contributed by atoms with Gasteiger partial charge < -0.3 is 9.84 Å². The minimum Gasteiger partial charge on any atom is -0.352 e. The van der Waals surface area contributed by atoms with Crippen molar-refractivity contribution in [1.82, 2.24) is 20.4 Å². The second-order valence-corrected chi connectivity index (χ2v) is 6.94. The lowest BCUT2D eigenvalue weighted by molar-refractivity contribution is -0.122. The Balaban J connectivity index is 1.28. The van der Waals surface area contributed by atoms with E-state index in [1.165, 1.54) is 25.8 Å². The molecular weight excluding hydrogens is 316 g/mol. The lowest BCUT2D eigenvalue weighted by Crippen LogP contribution is -2.46. The third-order valence-electron chi connectivity index (χ3n) is 5.27. The van der Waals surface area contributed by atoms with Crippen molar-refractivity contribution in [3.63, 3.8) is 0 Å². The first-order valence-corrected chi connectivity index (χ1v) is 9.21. The topological polar surface area (TPSA) is 71.3 Å². The van der Waals surface area contributed by atoms with E-state index < -0.39 is 0 Å². The summed E-state index contributed by atoms with van der Waals surface area (Å²) in [6, 6.07) is 10.5. The molecule has 2 fully saturated rings. The van der Waals surface area contributed by atoms with Gasteiger partial charge in [-0.1, -0.05) is 41.9 Å². The Morgan fingerprint density at radius 3 is 2.96 bits per heavy atom. The van der Waals surface area contributed by atoms with E-state index in [-0.39, 0.29) is 5.91 Å². The molecule has 2 aromatic rings. The van der Waals surface area contributed by atoms with Crippen LogP contribution in [0.5, 0.6) is 0 Å². The van der Waals surface area contributed by atoms with E-state index in [1.807, 2.05) is 30.3 Å². The van der Waals surface area contributed by atoms with Crippen LogP contribution in [0.3, 0.4) is 0 Å². The summed E-state index contributed by atoms with van der Waals surface area (Å²) in [5, 5.41) is 7.21. The summed E-state index contributed by atoms with van der Waals surface area (Å²) in [5.74, 6) is 1.17. The number of piperidine rings is 1. The lowest BCUT2D eigenvalue weighted by Gasteiger charge is -2.32. The molecule has 25 heavy (non-hydrogen) atoms. The van der Waals surface area contributed by atoms with E-state index in [4.69, 9.17) is 4.52 Å². The van der Waals surface area contributed by atoms with E-state index in [0.717, 1.165) is 18.5 Å². The molecule has 2 saturated heterocycles. The molecule has 4 rings (SSSR count). The summed E-state index contributed by atoms with van der Waals surface area (Å²) < 4.78 is 5.28. The number of carbonyl (C=O) groups is 1. The molecule has 2 aliphatic heterocycles. The van der Waals surface area contributed by atoms with Gasteiger partial charge in [0.15, 0.2) is 0 Å². The van der Waals surface area contributed by atoms with E-state index in [1.54, 1.807) is 0 Å². The molecule has 1 aromatic heterocycles. The Hall–Kier alpha value is -2.21. The fourth-order valence-corrected chi connectivity index (χ4v) is 3.98. The first-order chi connectivity index (χ1) is 12.3. The molecule has 0 saturated carbocycles. The maximum Gasteiger partial charge on any atom is 0.227 e. The normalized spacial score (nSPS) is 23.4. The molecular formula is C19H24N4O2. The van der Waals surface area contributed by atoms with Gasteiger partial charge in [-0.15, -0.1) is 0 Å². The van der Waals surface area contributed by atoms with Crippen molar-refractivity contribution in [3.05, 3.63) is 36.2 Å². The van der Waals surface area contributed by atoms with Crippen molar-refractivity contribution in [2.45, 2.75) is 50.6 Å². The van der Waals surface area contributed by atoms with Gasteiger partial charge in [-0.25, -0.2) is 0 Å². The van der Waals surface area contributed by atoms with E-state index in [9.17, 15) is 4.79 Å². The number of nitrogens with zero attached hydrogens (tertiary/aromatic N) is 3. The highest BCUT2D eigenvalue weighted by molar-refractivity contribution is 5.76. The molecule has 132 valence electrons. The number of aromatic nitrogens is 2. The second kappa shape index (κ2) is 7.35. The summed E-state index contributed by atoms with van der Waals surface area (Å²) in [4.78, 5) is 19.2. The number of hydrogen-bond donors (Lipinski definition) is 1. The molecule has 0 aliphatic carbocycles. The summed E-state index contributed by atoms with van der Waals surface area (Å²) in [6.07, 6.45) is 5.70. The van der Waals surface area contributed by atoms with Gasteiger partial charge in [-0.05, 0) is 25.8 Å². The molecule has 3 heterocycles. The van der Waals surface area contributed by atoms with Crippen LogP contribution >= 0.6 is 0 Å². The molecule has 0 spiro atoms. The lowest BCUT2D eigenvalue weighted by atomic mass is 9.99. The van der Waals surface area contributed by atoms with Crippen LogP contribution in [0.1, 0.15) is 38.0 Å². The standard InChI is InChI=1S/C19H24N4O2/c24-17(20-15-11-13-23-12-5-4-8-16(15)23)9-10-18-21-19(22-25-18)14-6-2-1-3-7-14/h1-3,6-7,15-16H,4-5,8-13H2,(H,20,24)/t15-,16+/m0/s1. The first-order valence-electron chi connectivity index (χ1n) is 9.21. The van der Waals surface area contributed by atoms with Crippen molar-refractivity contribution in [3.8, 4) is 11.4 Å². The Kier molecular flexibility index (Phi) is 4.78. The second-order valence-electron chi connectivity index (χ2n) is 6.94. The van der Waals surface area contributed by atoms with Crippen molar-refractivity contribution >= 4 is 5.91 Å². The van der Waals surface area contributed by atoms with Gasteiger partial charge >= 0.3 is 0 Å². The molecule has 1 N–H and O–H groups in total. The highest BCUT2D eigenvalue weighted by Gasteiger charge is 2.36. The van der Waals surface area contributed by atoms with E-state index >= 15 is 0 Å². The average molecular weight is 340 g/mol. The number of fused-ring (bicyclic) bond motifs is 1. The summed E-state index contributed by atoms with van der Waals surface area (Å²) in [6.45, 7) is 2.29. The zero-order valence-corrected chi connectivity index (χ0v) is 14.4. The van der Waals surface area contributed by atoms with Crippen LogP contribution in [-0.4, -0.2) is 46.1 Å². The van der Waals surface area contributed by atoms with Crippen LogP contribution in [-0.2, 0) is 11.2 Å². The molecule has 2 atom stereocenters. The summed E-state index contributed by atoms with van der Waals surface area (Å²) in [7, 11) is 0. The summed E-state index contributed by atoms with van der Waals surface area (Å²) in [5.41, 5.74) is 0.922. The Bertz CT molecular complexity index is 715. The molecule has 2 aliphatic rings. The Morgan fingerprint density at radius 2 is 2.08 bits per heavy atom. The van der Waals surface area contributed by atoms with Crippen molar-refractivity contribution < 1.29 is 9.32 Å². The zero-order chi connectivity index (χ0) is 17.1. The number of carbonyl (C=O) groups excluding carboxylic acids is 1. The fraction of sp³-hybridized carbons (Fsp3) is 0.526. The number of aryl methyl sites for hydroxylation is 1. The van der Waals surface area contributed by atoms with E-state index in [0.29, 0.717) is 36.6 Å². The maximum absolute atomic E-state index is 12.3. The minimum absolute atomic E-state index is 0.0804.